The van der Waals surface area contributed by atoms with E-state index >= 15 is 0 Å². The molecule has 4 aromatic rings. The van der Waals surface area contributed by atoms with E-state index < -0.39 is 26.2 Å². The number of nitrogens with zero attached hydrogens (tertiary/aromatic N) is 4. The highest BCUT2D eigenvalue weighted by Crippen LogP contribution is 2.37. The molecule has 0 radical (unpaired) electrons. The lowest BCUT2D eigenvalue weighted by atomic mass is 10.2. The summed E-state index contributed by atoms with van der Waals surface area (Å²) in [4.78, 5) is 19.1. The Morgan fingerprint density at radius 3 is 2.17 bits per heavy atom. The third-order valence-corrected chi connectivity index (χ3v) is 10.8. The lowest BCUT2D eigenvalue weighted by Gasteiger charge is -2.29. The molecule has 2 aliphatic heterocycles. The Kier molecular flexibility index (Phi) is 11.7. The molecule has 3 heterocycles. The smallest absolute Gasteiger partial charge is 0.269 e. The van der Waals surface area contributed by atoms with Crippen LogP contribution >= 0.6 is 0 Å². The van der Waals surface area contributed by atoms with Crippen molar-refractivity contribution in [2.45, 2.75) is 22.5 Å². The van der Waals surface area contributed by atoms with Crippen molar-refractivity contribution < 1.29 is 27.6 Å². The molecule has 15 nitrogen and oxygen atoms in total. The first-order valence-corrected chi connectivity index (χ1v) is 18.8. The van der Waals surface area contributed by atoms with Gasteiger partial charge >= 0.3 is 0 Å². The molecule has 0 saturated heterocycles. The number of ether oxygens (including phenoxy) is 3. The van der Waals surface area contributed by atoms with Gasteiger partial charge in [-0.15, -0.1) is 0 Å². The fourth-order valence-corrected chi connectivity index (χ4v) is 7.44. The number of non-ortho nitro benzene ring substituents is 1. The zero-order valence-corrected chi connectivity index (χ0v) is 31.2. The van der Waals surface area contributed by atoms with Gasteiger partial charge in [-0.05, 0) is 72.8 Å². The van der Waals surface area contributed by atoms with E-state index in [2.05, 4.69) is 49.4 Å². The van der Waals surface area contributed by atoms with Crippen LogP contribution in [0, 0.1) is 10.1 Å². The molecule has 3 aromatic carbocycles. The molecule has 0 spiro atoms. The topological polar surface area (TPSA) is 172 Å². The standard InChI is InChI=1S/C38H44N8O7S/c1-44(2)27-7-5-26(6-8-27)41-38(54(49,50)32-14-9-28(10-15-32)46(47)48)35-18-13-31(25-40-35)53-22-20-51-19-21-52-30-12-17-34(39-24-30)37-42-33-16-11-29(45(3)4)23-36(33)43-37/h5-18,23-25,35,37-38,40-43H,19-22H2,1-4H3. The van der Waals surface area contributed by atoms with Gasteiger partial charge in [0.05, 0.1) is 52.3 Å². The number of pyridine rings is 1. The van der Waals surface area contributed by atoms with Crippen LogP contribution < -0.4 is 35.8 Å². The SMILES string of the molecule is CN(C)c1ccc(NC(C2C=CC(OCCOCCOc3ccc(C4Nc5ccc(N(C)C)cc5N4)nc3)=CN2)S(=O)(=O)c2ccc([N+](=O)[O-])cc2)cc1. The van der Waals surface area contributed by atoms with Crippen molar-refractivity contribution in [3.63, 3.8) is 0 Å². The fourth-order valence-electron chi connectivity index (χ4n) is 5.78. The highest BCUT2D eigenvalue weighted by molar-refractivity contribution is 7.92. The number of dihydropyridines is 1. The van der Waals surface area contributed by atoms with Crippen molar-refractivity contribution in [2.75, 3.05) is 80.4 Å². The average molecular weight is 757 g/mol. The number of rotatable bonds is 17. The molecule has 3 unspecified atom stereocenters. The fraction of sp³-hybridized carbons (Fsp3) is 0.289. The summed E-state index contributed by atoms with van der Waals surface area (Å²) in [5, 5.41) is 23.2. The maximum absolute atomic E-state index is 13.9. The van der Waals surface area contributed by atoms with Crippen molar-refractivity contribution in [1.29, 1.82) is 0 Å². The summed E-state index contributed by atoms with van der Waals surface area (Å²) in [7, 11) is 3.83. The number of fused-ring (bicyclic) bond motifs is 1. The van der Waals surface area contributed by atoms with Gasteiger partial charge in [0.15, 0.2) is 5.37 Å². The number of hydrogen-bond donors (Lipinski definition) is 4. The monoisotopic (exact) mass is 756 g/mol. The molecule has 0 amide bonds. The molecule has 1 aromatic heterocycles. The van der Waals surface area contributed by atoms with E-state index in [1.54, 1.807) is 36.7 Å². The van der Waals surface area contributed by atoms with Crippen molar-refractivity contribution >= 4 is 44.0 Å². The summed E-state index contributed by atoms with van der Waals surface area (Å²) in [5.41, 5.74) is 5.37. The predicted molar refractivity (Wildman–Crippen MR) is 210 cm³/mol. The summed E-state index contributed by atoms with van der Waals surface area (Å²) >= 11 is 0. The van der Waals surface area contributed by atoms with Gasteiger partial charge in [0.1, 0.15) is 30.9 Å². The molecule has 4 N–H and O–H groups in total. The third kappa shape index (κ3) is 9.13. The van der Waals surface area contributed by atoms with Gasteiger partial charge in [0.25, 0.3) is 5.69 Å². The van der Waals surface area contributed by atoms with Gasteiger partial charge in [-0.1, -0.05) is 6.08 Å². The van der Waals surface area contributed by atoms with Crippen LogP contribution in [-0.2, 0) is 19.3 Å². The Morgan fingerprint density at radius 2 is 1.54 bits per heavy atom. The minimum Gasteiger partial charge on any atom is -0.490 e. The van der Waals surface area contributed by atoms with Crippen LogP contribution in [0.25, 0.3) is 0 Å². The van der Waals surface area contributed by atoms with E-state index in [4.69, 9.17) is 14.2 Å². The largest absolute Gasteiger partial charge is 0.490 e. The second-order valence-electron chi connectivity index (χ2n) is 13.0. The van der Waals surface area contributed by atoms with Crippen LogP contribution in [0.5, 0.6) is 5.75 Å². The van der Waals surface area contributed by atoms with E-state index in [0.29, 0.717) is 37.0 Å². The average Bonchev–Trinajstić information content (AvgIpc) is 3.61. The molecule has 0 bridgehead atoms. The second kappa shape index (κ2) is 16.8. The molecule has 0 fully saturated rings. The molecule has 3 atom stereocenters. The predicted octanol–water partition coefficient (Wildman–Crippen LogP) is 5.35. The van der Waals surface area contributed by atoms with Gasteiger partial charge < -0.3 is 45.3 Å². The zero-order valence-electron chi connectivity index (χ0n) is 30.4. The molecule has 0 aliphatic carbocycles. The maximum Gasteiger partial charge on any atom is 0.269 e. The first-order chi connectivity index (χ1) is 26.0. The van der Waals surface area contributed by atoms with Crippen molar-refractivity contribution in [3.8, 4) is 5.75 Å². The summed E-state index contributed by atoms with van der Waals surface area (Å²) in [6.45, 7) is 1.26. The molecular weight excluding hydrogens is 713 g/mol. The number of aromatic nitrogens is 1. The summed E-state index contributed by atoms with van der Waals surface area (Å²) in [6.07, 6.45) is 6.57. The van der Waals surface area contributed by atoms with Gasteiger partial charge in [0, 0.05) is 63.6 Å². The second-order valence-corrected chi connectivity index (χ2v) is 15.0. The Hall–Kier alpha value is -6.00. The van der Waals surface area contributed by atoms with Crippen molar-refractivity contribution in [2.24, 2.45) is 0 Å². The summed E-state index contributed by atoms with van der Waals surface area (Å²) < 4.78 is 45.1. The Bertz CT molecular complexity index is 2070. The number of hydrogen-bond acceptors (Lipinski definition) is 14. The number of nitro benzene ring substituents is 1. The maximum atomic E-state index is 13.9. The van der Waals surface area contributed by atoms with Crippen LogP contribution in [0.15, 0.2) is 114 Å². The zero-order chi connectivity index (χ0) is 38.2. The summed E-state index contributed by atoms with van der Waals surface area (Å²) in [5.74, 6) is 1.14. The highest BCUT2D eigenvalue weighted by Gasteiger charge is 2.35. The highest BCUT2D eigenvalue weighted by atomic mass is 32.2. The van der Waals surface area contributed by atoms with E-state index in [1.807, 2.05) is 57.4 Å². The van der Waals surface area contributed by atoms with Crippen molar-refractivity contribution in [3.05, 3.63) is 125 Å². The van der Waals surface area contributed by atoms with Crippen LogP contribution in [0.1, 0.15) is 11.9 Å². The Balaban J connectivity index is 0.953. The van der Waals surface area contributed by atoms with Crippen LogP contribution in [-0.4, -0.2) is 84.4 Å². The first-order valence-electron chi connectivity index (χ1n) is 17.3. The number of benzene rings is 3. The number of anilines is 5. The van der Waals surface area contributed by atoms with Crippen molar-refractivity contribution in [1.82, 2.24) is 10.3 Å². The minimum absolute atomic E-state index is 0.0462. The number of nitro groups is 1. The van der Waals surface area contributed by atoms with E-state index in [-0.39, 0.29) is 23.4 Å². The molecule has 6 rings (SSSR count). The molecule has 16 heteroatoms. The Labute approximate surface area is 314 Å². The van der Waals surface area contributed by atoms with Crippen LogP contribution in [0.4, 0.5) is 34.1 Å². The lowest BCUT2D eigenvalue weighted by molar-refractivity contribution is -0.384. The normalized spacial score (nSPS) is 16.5. The van der Waals surface area contributed by atoms with Gasteiger partial charge in [-0.25, -0.2) is 8.42 Å². The van der Waals surface area contributed by atoms with Crippen LogP contribution in [0.3, 0.4) is 0 Å². The first kappa shape index (κ1) is 37.7. The molecule has 2 aliphatic rings. The van der Waals surface area contributed by atoms with Gasteiger partial charge in [-0.3, -0.25) is 15.1 Å². The number of allylic oxidation sites excluding steroid dienone is 1. The molecule has 0 saturated carbocycles. The van der Waals surface area contributed by atoms with E-state index in [9.17, 15) is 18.5 Å². The lowest BCUT2D eigenvalue weighted by Crippen LogP contribution is -2.47. The molecule has 284 valence electrons. The third-order valence-electron chi connectivity index (χ3n) is 8.78. The number of nitrogens with one attached hydrogen (secondary N) is 4. The molecule has 54 heavy (non-hydrogen) atoms. The van der Waals surface area contributed by atoms with Crippen LogP contribution in [0.2, 0.25) is 0 Å². The van der Waals surface area contributed by atoms with Gasteiger partial charge in [0.2, 0.25) is 9.84 Å². The van der Waals surface area contributed by atoms with Gasteiger partial charge in [-0.2, -0.15) is 0 Å². The number of sulfone groups is 1. The summed E-state index contributed by atoms with van der Waals surface area (Å²) in [6, 6.07) is 21.5. The quantitative estimate of drug-likeness (QED) is 0.0617. The molecular formula is C38H44N8O7S. The Morgan fingerprint density at radius 1 is 0.852 bits per heavy atom. The van der Waals surface area contributed by atoms with E-state index in [0.717, 1.165) is 28.4 Å². The minimum atomic E-state index is -4.03. The van der Waals surface area contributed by atoms with E-state index in [1.165, 1.54) is 24.3 Å².